The van der Waals surface area contributed by atoms with Crippen molar-refractivity contribution in [3.05, 3.63) is 69.8 Å². The first-order valence-electron chi connectivity index (χ1n) is 12.7. The summed E-state index contributed by atoms with van der Waals surface area (Å²) in [4.78, 5) is 25.5. The summed E-state index contributed by atoms with van der Waals surface area (Å²) in [6, 6.07) is 7.30. The van der Waals surface area contributed by atoms with E-state index in [1.807, 2.05) is 67.5 Å². The lowest BCUT2D eigenvalue weighted by molar-refractivity contribution is -0.150. The van der Waals surface area contributed by atoms with Crippen LogP contribution >= 0.6 is 0 Å². The largest absolute Gasteiger partial charge is 0.507 e. The van der Waals surface area contributed by atoms with E-state index < -0.39 is 17.9 Å². The molecular weight excluding hydrogens is 468 g/mol. The molecule has 2 N–H and O–H groups in total. The standard InChI is InChI=1S/C31H42O6/c1-11-20(4)28(34)36-12-13-37-29(35)25(21-14-18(2)16-23(26(21)32)30(5,6)7)22-15-19(3)17-24(27(22)33)31(8,9)10/h14-17,25,32-33H,4,11-13H2,1-3,5-10H3. The summed E-state index contributed by atoms with van der Waals surface area (Å²) in [7, 11) is 0. The number of aryl methyl sites for hydroxylation is 2. The Bertz CT molecular complexity index is 1110. The number of carbonyl (C=O) groups is 2. The molecule has 0 unspecified atom stereocenters. The zero-order valence-electron chi connectivity index (χ0n) is 23.7. The molecule has 0 aliphatic carbocycles. The van der Waals surface area contributed by atoms with Crippen molar-refractivity contribution in [3.8, 4) is 11.5 Å². The molecular formula is C31H42O6. The van der Waals surface area contributed by atoms with Crippen LogP contribution in [0.1, 0.15) is 94.2 Å². The van der Waals surface area contributed by atoms with E-state index in [0.717, 1.165) is 11.1 Å². The molecule has 0 bridgehead atoms. The van der Waals surface area contributed by atoms with Crippen molar-refractivity contribution in [3.63, 3.8) is 0 Å². The summed E-state index contributed by atoms with van der Waals surface area (Å²) >= 11 is 0. The minimum absolute atomic E-state index is 0.0102. The molecule has 0 saturated carbocycles. The Morgan fingerprint density at radius 3 is 1.59 bits per heavy atom. The normalized spacial score (nSPS) is 11.9. The average molecular weight is 511 g/mol. The van der Waals surface area contributed by atoms with Gasteiger partial charge in [0.1, 0.15) is 30.6 Å². The highest BCUT2D eigenvalue weighted by Gasteiger charge is 2.34. The number of hydrogen-bond donors (Lipinski definition) is 2. The number of esters is 2. The van der Waals surface area contributed by atoms with Crippen molar-refractivity contribution in [2.75, 3.05) is 13.2 Å². The molecule has 0 aromatic heterocycles. The van der Waals surface area contributed by atoms with E-state index in [2.05, 4.69) is 6.58 Å². The van der Waals surface area contributed by atoms with E-state index in [1.165, 1.54) is 0 Å². The molecule has 37 heavy (non-hydrogen) atoms. The topological polar surface area (TPSA) is 93.1 Å². The third kappa shape index (κ3) is 7.15. The maximum absolute atomic E-state index is 13.6. The zero-order chi connectivity index (χ0) is 28.3. The highest BCUT2D eigenvalue weighted by molar-refractivity contribution is 5.87. The van der Waals surface area contributed by atoms with Gasteiger partial charge in [-0.25, -0.2) is 4.79 Å². The van der Waals surface area contributed by atoms with Gasteiger partial charge in [-0.15, -0.1) is 0 Å². The summed E-state index contributed by atoms with van der Waals surface area (Å²) in [5.74, 6) is -2.31. The molecule has 0 saturated heterocycles. The van der Waals surface area contributed by atoms with Crippen molar-refractivity contribution in [2.45, 2.75) is 85.5 Å². The Kier molecular flexibility index (Phi) is 9.23. The van der Waals surface area contributed by atoms with Crippen molar-refractivity contribution >= 4 is 11.9 Å². The second kappa shape index (κ2) is 11.4. The monoisotopic (exact) mass is 510 g/mol. The van der Waals surface area contributed by atoms with Gasteiger partial charge in [-0.05, 0) is 42.2 Å². The molecule has 6 heteroatoms. The van der Waals surface area contributed by atoms with Gasteiger partial charge >= 0.3 is 11.9 Å². The fourth-order valence-electron chi connectivity index (χ4n) is 4.23. The summed E-state index contributed by atoms with van der Waals surface area (Å²) in [6.07, 6.45) is 0.464. The molecule has 0 aliphatic heterocycles. The van der Waals surface area contributed by atoms with Gasteiger partial charge in [-0.1, -0.05) is 90.4 Å². The molecule has 202 valence electrons. The molecule has 0 aliphatic rings. The van der Waals surface area contributed by atoms with E-state index >= 15 is 0 Å². The maximum atomic E-state index is 13.6. The van der Waals surface area contributed by atoms with E-state index in [9.17, 15) is 19.8 Å². The molecule has 0 amide bonds. The van der Waals surface area contributed by atoms with Crippen LogP contribution in [0.3, 0.4) is 0 Å². The first kappa shape index (κ1) is 29.9. The SMILES string of the molecule is C=C(CC)C(=O)OCCOC(=O)C(c1cc(C)cc(C(C)(C)C)c1O)c1cc(C)cc(C(C)(C)C)c1O. The number of rotatable bonds is 8. The summed E-state index contributed by atoms with van der Waals surface area (Å²) in [5.41, 5.74) is 3.38. The van der Waals surface area contributed by atoms with Gasteiger partial charge in [0, 0.05) is 16.7 Å². The van der Waals surface area contributed by atoms with Crippen molar-refractivity contribution in [1.29, 1.82) is 0 Å². The highest BCUT2D eigenvalue weighted by Crippen LogP contribution is 2.45. The fourth-order valence-corrected chi connectivity index (χ4v) is 4.23. The number of ether oxygens (including phenoxy) is 2. The second-order valence-corrected chi connectivity index (χ2v) is 11.7. The molecule has 0 fully saturated rings. The zero-order valence-corrected chi connectivity index (χ0v) is 23.7. The van der Waals surface area contributed by atoms with Crippen molar-refractivity contribution in [1.82, 2.24) is 0 Å². The summed E-state index contributed by atoms with van der Waals surface area (Å²) in [5, 5.41) is 22.8. The lowest BCUT2D eigenvalue weighted by Crippen LogP contribution is -2.23. The lowest BCUT2D eigenvalue weighted by atomic mass is 9.78. The molecule has 0 heterocycles. The van der Waals surface area contributed by atoms with Crippen LogP contribution in [0.25, 0.3) is 0 Å². The van der Waals surface area contributed by atoms with Gasteiger partial charge in [0.25, 0.3) is 0 Å². The van der Waals surface area contributed by atoms with Crippen LogP contribution in [-0.4, -0.2) is 35.4 Å². The number of aromatic hydroxyl groups is 2. The van der Waals surface area contributed by atoms with E-state index in [1.54, 1.807) is 19.1 Å². The highest BCUT2D eigenvalue weighted by atomic mass is 16.6. The van der Waals surface area contributed by atoms with Gasteiger partial charge < -0.3 is 19.7 Å². The van der Waals surface area contributed by atoms with E-state index in [-0.39, 0.29) is 35.5 Å². The minimum atomic E-state index is -1.09. The predicted molar refractivity (Wildman–Crippen MR) is 146 cm³/mol. The quantitative estimate of drug-likeness (QED) is 0.239. The molecule has 0 atom stereocenters. The summed E-state index contributed by atoms with van der Waals surface area (Å²) < 4.78 is 10.7. The molecule has 6 nitrogen and oxygen atoms in total. The minimum Gasteiger partial charge on any atom is -0.507 e. The van der Waals surface area contributed by atoms with Crippen molar-refractivity contribution in [2.24, 2.45) is 0 Å². The molecule has 2 aromatic rings. The van der Waals surface area contributed by atoms with Crippen LogP contribution in [-0.2, 0) is 29.9 Å². The fraction of sp³-hybridized carbons (Fsp3) is 0.484. The Balaban J connectivity index is 2.62. The average Bonchev–Trinajstić information content (AvgIpc) is 2.78. The van der Waals surface area contributed by atoms with Crippen LogP contribution in [0.5, 0.6) is 11.5 Å². The van der Waals surface area contributed by atoms with E-state index in [4.69, 9.17) is 9.47 Å². The maximum Gasteiger partial charge on any atom is 0.333 e. The number of carbonyl (C=O) groups excluding carboxylic acids is 2. The predicted octanol–water partition coefficient (Wildman–Crippen LogP) is 6.49. The Morgan fingerprint density at radius 2 is 1.22 bits per heavy atom. The Hall–Kier alpha value is -3.28. The molecule has 0 radical (unpaired) electrons. The molecule has 2 rings (SSSR count). The summed E-state index contributed by atoms with van der Waals surface area (Å²) in [6.45, 7) is 20.9. The number of phenols is 2. The Morgan fingerprint density at radius 1 is 0.811 bits per heavy atom. The first-order valence-corrected chi connectivity index (χ1v) is 12.7. The van der Waals surface area contributed by atoms with Gasteiger partial charge in [0.2, 0.25) is 0 Å². The molecule has 2 aromatic carbocycles. The van der Waals surface area contributed by atoms with Gasteiger partial charge in [-0.2, -0.15) is 0 Å². The molecule has 0 spiro atoms. The van der Waals surface area contributed by atoms with Crippen LogP contribution in [0.15, 0.2) is 36.4 Å². The van der Waals surface area contributed by atoms with Crippen molar-refractivity contribution < 1.29 is 29.3 Å². The second-order valence-electron chi connectivity index (χ2n) is 11.7. The van der Waals surface area contributed by atoms with Gasteiger partial charge in [0.05, 0.1) is 0 Å². The lowest BCUT2D eigenvalue weighted by Gasteiger charge is -2.28. The van der Waals surface area contributed by atoms with E-state index in [0.29, 0.717) is 34.2 Å². The van der Waals surface area contributed by atoms with Crippen LogP contribution < -0.4 is 0 Å². The smallest absolute Gasteiger partial charge is 0.333 e. The number of hydrogen-bond acceptors (Lipinski definition) is 6. The van der Waals surface area contributed by atoms with Crippen LogP contribution in [0.2, 0.25) is 0 Å². The van der Waals surface area contributed by atoms with Crippen LogP contribution in [0.4, 0.5) is 0 Å². The Labute approximate surface area is 221 Å². The van der Waals surface area contributed by atoms with Crippen LogP contribution in [0, 0.1) is 13.8 Å². The van der Waals surface area contributed by atoms with Gasteiger partial charge in [-0.3, -0.25) is 4.79 Å². The third-order valence-electron chi connectivity index (χ3n) is 6.32. The third-order valence-corrected chi connectivity index (χ3v) is 6.32. The first-order chi connectivity index (χ1) is 17.0. The number of phenolic OH excluding ortho intramolecular Hbond substituents is 2. The van der Waals surface area contributed by atoms with Gasteiger partial charge in [0.15, 0.2) is 0 Å². The number of benzene rings is 2.